The molecule has 0 heterocycles. The van der Waals surface area contributed by atoms with Crippen LogP contribution in [0.5, 0.6) is 0 Å². The fourth-order valence-corrected chi connectivity index (χ4v) is 4.74. The number of nitrogens with two attached hydrogens (primary N) is 4. The largest absolute Gasteiger partial charge is 0.480 e. The highest BCUT2D eigenvalue weighted by atomic mass is 32.2. The number of hydrogen-bond acceptors (Lipinski definition) is 10. The molecule has 0 rings (SSSR count). The van der Waals surface area contributed by atoms with Crippen molar-refractivity contribution in [2.45, 2.75) is 102 Å². The summed E-state index contributed by atoms with van der Waals surface area (Å²) in [4.78, 5) is 76.3. The Bertz CT molecular complexity index is 1020. The Hall–Kier alpha value is -3.64. The first kappa shape index (κ1) is 42.4. The lowest BCUT2D eigenvalue weighted by Crippen LogP contribution is -2.59. The van der Waals surface area contributed by atoms with Gasteiger partial charge in [0, 0.05) is 13.0 Å². The third kappa shape index (κ3) is 17.7. The molecule has 0 aliphatic carbocycles. The second kappa shape index (κ2) is 23.7. The van der Waals surface area contributed by atoms with Gasteiger partial charge in [-0.25, -0.2) is 4.79 Å². The first-order valence-electron chi connectivity index (χ1n) is 15.4. The van der Waals surface area contributed by atoms with Crippen LogP contribution in [-0.4, -0.2) is 102 Å². The van der Waals surface area contributed by atoms with Crippen molar-refractivity contribution >= 4 is 53.2 Å². The average molecular weight is 675 g/mol. The van der Waals surface area contributed by atoms with E-state index in [1.54, 1.807) is 13.8 Å². The van der Waals surface area contributed by atoms with Crippen molar-refractivity contribution in [1.82, 2.24) is 26.6 Å². The summed E-state index contributed by atoms with van der Waals surface area (Å²) in [5.74, 6) is -4.87. The summed E-state index contributed by atoms with van der Waals surface area (Å²) in [6, 6.07) is -5.71. The predicted octanol–water partition coefficient (Wildman–Crippen LogP) is -2.21. The Balaban J connectivity index is 6.00. The van der Waals surface area contributed by atoms with Crippen LogP contribution in [-0.2, 0) is 28.8 Å². The molecule has 0 aliphatic rings. The van der Waals surface area contributed by atoms with Crippen LogP contribution >= 0.6 is 11.8 Å². The van der Waals surface area contributed by atoms with Gasteiger partial charge in [0.05, 0.1) is 6.04 Å². The highest BCUT2D eigenvalue weighted by molar-refractivity contribution is 7.98. The van der Waals surface area contributed by atoms with Crippen molar-refractivity contribution in [3.8, 4) is 0 Å². The fourth-order valence-electron chi connectivity index (χ4n) is 4.25. The molecule has 0 aliphatic heterocycles. The first-order valence-corrected chi connectivity index (χ1v) is 16.8. The third-order valence-electron chi connectivity index (χ3n) is 7.25. The number of carbonyl (C=O) groups excluding carboxylic acids is 5. The number of unbranched alkanes of at least 4 members (excludes halogenated alkanes) is 1. The maximum atomic E-state index is 13.5. The number of carbonyl (C=O) groups is 6. The van der Waals surface area contributed by atoms with Crippen LogP contribution in [0.15, 0.2) is 0 Å². The smallest absolute Gasteiger partial charge is 0.326 e. The van der Waals surface area contributed by atoms with Gasteiger partial charge in [0.25, 0.3) is 0 Å². The summed E-state index contributed by atoms with van der Waals surface area (Å²) < 4.78 is 0. The van der Waals surface area contributed by atoms with E-state index in [1.807, 2.05) is 6.26 Å². The minimum absolute atomic E-state index is 0.0931. The summed E-state index contributed by atoms with van der Waals surface area (Å²) in [5, 5.41) is 29.8. The Morgan fingerprint density at radius 3 is 1.91 bits per heavy atom. The van der Waals surface area contributed by atoms with E-state index in [-0.39, 0.29) is 38.2 Å². The molecule has 17 nitrogen and oxygen atoms in total. The van der Waals surface area contributed by atoms with Gasteiger partial charge in [0.2, 0.25) is 29.5 Å². The van der Waals surface area contributed by atoms with Crippen LogP contribution < -0.4 is 49.5 Å². The van der Waals surface area contributed by atoms with Crippen LogP contribution in [0.2, 0.25) is 0 Å². The Morgan fingerprint density at radius 2 is 1.37 bits per heavy atom. The lowest BCUT2D eigenvalue weighted by atomic mass is 9.96. The van der Waals surface area contributed by atoms with Crippen molar-refractivity contribution in [1.29, 1.82) is 5.41 Å². The third-order valence-corrected chi connectivity index (χ3v) is 7.90. The second-order valence-electron chi connectivity index (χ2n) is 11.1. The fraction of sp³-hybridized carbons (Fsp3) is 0.750. The monoisotopic (exact) mass is 674 g/mol. The molecular formula is C28H54N10O7S. The molecule has 0 saturated heterocycles. The molecule has 0 fully saturated rings. The maximum Gasteiger partial charge on any atom is 0.326 e. The van der Waals surface area contributed by atoms with Crippen molar-refractivity contribution < 1.29 is 33.9 Å². The molecule has 0 aromatic carbocycles. The number of thioether (sulfide) groups is 1. The maximum absolute atomic E-state index is 13.5. The van der Waals surface area contributed by atoms with Gasteiger partial charge in [-0.05, 0) is 69.4 Å². The van der Waals surface area contributed by atoms with E-state index in [0.717, 1.165) is 0 Å². The van der Waals surface area contributed by atoms with Gasteiger partial charge in [0.1, 0.15) is 24.2 Å². The molecule has 0 radical (unpaired) electrons. The molecule has 46 heavy (non-hydrogen) atoms. The zero-order valence-corrected chi connectivity index (χ0v) is 27.9. The van der Waals surface area contributed by atoms with Crippen molar-refractivity contribution in [3.63, 3.8) is 0 Å². The molecule has 15 N–H and O–H groups in total. The van der Waals surface area contributed by atoms with Crippen LogP contribution in [0.25, 0.3) is 0 Å². The number of carboxylic acid groups (broad SMARTS) is 1. The summed E-state index contributed by atoms with van der Waals surface area (Å²) >= 11 is 1.51. The van der Waals surface area contributed by atoms with E-state index in [0.29, 0.717) is 44.4 Å². The predicted molar refractivity (Wildman–Crippen MR) is 176 cm³/mol. The number of primary amides is 1. The Labute approximate surface area is 274 Å². The van der Waals surface area contributed by atoms with Crippen LogP contribution in [0, 0.1) is 11.3 Å². The van der Waals surface area contributed by atoms with Gasteiger partial charge < -0.3 is 54.6 Å². The highest BCUT2D eigenvalue weighted by Gasteiger charge is 2.33. The normalized spacial score (nSPS) is 14.8. The Kier molecular flexibility index (Phi) is 21.8. The zero-order chi connectivity index (χ0) is 35.2. The number of carboxylic acids is 1. The number of hydrogen-bond donors (Lipinski definition) is 11. The second-order valence-corrected chi connectivity index (χ2v) is 12.0. The molecular weight excluding hydrogens is 620 g/mol. The lowest BCUT2D eigenvalue weighted by Gasteiger charge is -2.28. The standard InChI is InChI=1S/C28H54N10O7S/c1-4-16(2)22(26(43)37-20(27(44)45)8-5-6-13-29)38-25(42)19(10-11-21(31)39)36-24(41)18(9-7-14-34-28(32)33)35-23(40)17(30)12-15-46-3/h16-20,22H,4-15,29-30H2,1-3H3,(H2,31,39)(H,35,40)(H,36,41)(H,37,43)(H,38,42)(H,44,45)(H4,32,33,34)/t16-,17-,18-,19-,20-,22-/m0/s1. The summed E-state index contributed by atoms with van der Waals surface area (Å²) in [7, 11) is 0. The number of aliphatic carboxylic acids is 1. The van der Waals surface area contributed by atoms with Gasteiger partial charge in [-0.1, -0.05) is 20.3 Å². The molecule has 0 spiro atoms. The molecule has 5 amide bonds. The van der Waals surface area contributed by atoms with Gasteiger partial charge in [-0.3, -0.25) is 29.4 Å². The number of amides is 5. The first-order chi connectivity index (χ1) is 21.7. The molecule has 18 heteroatoms. The molecule has 264 valence electrons. The van der Waals surface area contributed by atoms with Crippen molar-refractivity contribution in [2.24, 2.45) is 28.9 Å². The summed E-state index contributed by atoms with van der Waals surface area (Å²) in [6.45, 7) is 4.09. The SMILES string of the molecule is CC[C@H](C)[C@H](NC(=O)[C@H](CCC(N)=O)NC(=O)[C@H](CCCNC(=N)N)NC(=O)[C@@H](N)CCSC)C(=O)N[C@@H](CCCCN)C(=O)O. The molecule has 0 bridgehead atoms. The van der Waals surface area contributed by atoms with E-state index in [9.17, 15) is 33.9 Å². The quantitative estimate of drug-likeness (QED) is 0.0279. The van der Waals surface area contributed by atoms with Crippen molar-refractivity contribution in [3.05, 3.63) is 0 Å². The zero-order valence-electron chi connectivity index (χ0n) is 27.1. The highest BCUT2D eigenvalue weighted by Crippen LogP contribution is 2.12. The number of guanidine groups is 1. The lowest BCUT2D eigenvalue weighted by molar-refractivity contribution is -0.143. The summed E-state index contributed by atoms with van der Waals surface area (Å²) in [5.41, 5.74) is 22.1. The van der Waals surface area contributed by atoms with E-state index in [1.165, 1.54) is 11.8 Å². The van der Waals surface area contributed by atoms with Crippen molar-refractivity contribution in [2.75, 3.05) is 25.1 Å². The minimum atomic E-state index is -1.33. The van der Waals surface area contributed by atoms with E-state index >= 15 is 0 Å². The van der Waals surface area contributed by atoms with Gasteiger partial charge in [-0.15, -0.1) is 0 Å². The average Bonchev–Trinajstić information content (AvgIpc) is 3.00. The van der Waals surface area contributed by atoms with Gasteiger partial charge in [0.15, 0.2) is 5.96 Å². The number of rotatable bonds is 25. The van der Waals surface area contributed by atoms with E-state index in [4.69, 9.17) is 28.3 Å². The summed E-state index contributed by atoms with van der Waals surface area (Å²) in [6.07, 6.45) is 3.78. The molecule has 6 atom stereocenters. The molecule has 0 saturated carbocycles. The van der Waals surface area contributed by atoms with E-state index < -0.39 is 71.6 Å². The minimum Gasteiger partial charge on any atom is -0.480 e. The molecule has 0 unspecified atom stereocenters. The topological polar surface area (TPSA) is 311 Å². The molecule has 0 aromatic rings. The number of nitrogens with one attached hydrogen (secondary N) is 6. The Morgan fingerprint density at radius 1 is 0.804 bits per heavy atom. The van der Waals surface area contributed by atoms with Crippen LogP contribution in [0.1, 0.15) is 71.6 Å². The molecule has 0 aromatic heterocycles. The van der Waals surface area contributed by atoms with E-state index in [2.05, 4.69) is 26.6 Å². The van der Waals surface area contributed by atoms with Crippen LogP contribution in [0.3, 0.4) is 0 Å². The van der Waals surface area contributed by atoms with Gasteiger partial charge >= 0.3 is 5.97 Å². The van der Waals surface area contributed by atoms with Gasteiger partial charge in [-0.2, -0.15) is 11.8 Å². The van der Waals surface area contributed by atoms with Crippen LogP contribution in [0.4, 0.5) is 0 Å².